The van der Waals surface area contributed by atoms with E-state index in [4.69, 9.17) is 9.15 Å². The van der Waals surface area contributed by atoms with Gasteiger partial charge in [-0.05, 0) is 12.8 Å². The zero-order valence-corrected chi connectivity index (χ0v) is 12.4. The second-order valence-corrected chi connectivity index (χ2v) is 5.89. The van der Waals surface area contributed by atoms with E-state index in [-0.39, 0.29) is 18.0 Å². The molecule has 0 atom stereocenters. The smallest absolute Gasteiger partial charge is 0.342 e. The molecule has 0 N–H and O–H groups in total. The Morgan fingerprint density at radius 1 is 1.38 bits per heavy atom. The minimum Gasteiger partial charge on any atom is -0.468 e. The van der Waals surface area contributed by atoms with Crippen LogP contribution in [0.5, 0.6) is 0 Å². The van der Waals surface area contributed by atoms with Gasteiger partial charge in [-0.1, -0.05) is 18.3 Å². The number of carbonyl (C=O) groups excluding carboxylic acids is 2. The number of furan rings is 1. The maximum absolute atomic E-state index is 12.1. The lowest BCUT2D eigenvalue weighted by Crippen LogP contribution is -2.14. The summed E-state index contributed by atoms with van der Waals surface area (Å²) in [5.74, 6) is -0.0213. The summed E-state index contributed by atoms with van der Waals surface area (Å²) in [6.45, 7) is 2.05. The summed E-state index contributed by atoms with van der Waals surface area (Å²) in [6.07, 6.45) is 4.01. The van der Waals surface area contributed by atoms with Crippen molar-refractivity contribution in [3.63, 3.8) is 0 Å². The van der Waals surface area contributed by atoms with Crippen molar-refractivity contribution in [3.8, 4) is 0 Å². The number of Topliss-reactive ketones (excluding diaryl/α,β-unsaturated/α-hetero) is 1. The first-order chi connectivity index (χ1) is 10.2. The Kier molecular flexibility index (Phi) is 3.83. The van der Waals surface area contributed by atoms with Crippen molar-refractivity contribution in [1.29, 1.82) is 0 Å². The Labute approximate surface area is 125 Å². The lowest BCUT2D eigenvalue weighted by Gasteiger charge is -2.09. The van der Waals surface area contributed by atoms with Crippen LogP contribution in [0.15, 0.2) is 10.7 Å². The van der Waals surface area contributed by atoms with Crippen molar-refractivity contribution in [2.45, 2.75) is 39.2 Å². The average molecular weight is 306 g/mol. The molecule has 7 heteroatoms. The first-order valence-corrected chi connectivity index (χ1v) is 7.62. The lowest BCUT2D eigenvalue weighted by molar-refractivity contribution is 0.0468. The standard InChI is InChI=1S/C14H14N2O4S/c1-2-11-15-16-12(21-11)7-20-14(18)8-6-19-10-5-3-4-9(17)13(8)10/h6H,2-5,7H2,1H3. The average Bonchev–Trinajstić information content (AvgIpc) is 3.12. The van der Waals surface area contributed by atoms with Gasteiger partial charge < -0.3 is 9.15 Å². The molecule has 0 fully saturated rings. The number of hydrogen-bond acceptors (Lipinski definition) is 7. The van der Waals surface area contributed by atoms with Gasteiger partial charge in [0, 0.05) is 12.8 Å². The van der Waals surface area contributed by atoms with Crippen molar-refractivity contribution in [3.05, 3.63) is 33.2 Å². The molecule has 2 aromatic rings. The van der Waals surface area contributed by atoms with Gasteiger partial charge in [-0.2, -0.15) is 0 Å². The maximum atomic E-state index is 12.1. The van der Waals surface area contributed by atoms with Crippen LogP contribution in [-0.2, 0) is 24.2 Å². The predicted molar refractivity (Wildman–Crippen MR) is 74.4 cm³/mol. The number of fused-ring (bicyclic) bond motifs is 1. The SMILES string of the molecule is CCc1nnc(COC(=O)c2coc3c2C(=O)CCC3)s1. The van der Waals surface area contributed by atoms with Crippen molar-refractivity contribution in [2.24, 2.45) is 0 Å². The lowest BCUT2D eigenvalue weighted by atomic mass is 9.94. The van der Waals surface area contributed by atoms with Gasteiger partial charge in [0.05, 0.1) is 5.56 Å². The van der Waals surface area contributed by atoms with Crippen LogP contribution in [0, 0.1) is 0 Å². The van der Waals surface area contributed by atoms with Crippen LogP contribution in [-0.4, -0.2) is 21.9 Å². The number of ether oxygens (including phenoxy) is 1. The van der Waals surface area contributed by atoms with E-state index in [1.165, 1.54) is 17.6 Å². The number of nitrogens with zero attached hydrogens (tertiary/aromatic N) is 2. The topological polar surface area (TPSA) is 82.3 Å². The van der Waals surface area contributed by atoms with Gasteiger partial charge in [-0.25, -0.2) is 4.79 Å². The fourth-order valence-electron chi connectivity index (χ4n) is 2.27. The van der Waals surface area contributed by atoms with Gasteiger partial charge in [-0.15, -0.1) is 10.2 Å². The molecule has 2 heterocycles. The van der Waals surface area contributed by atoms with Crippen LogP contribution in [0.25, 0.3) is 0 Å². The normalized spacial score (nSPS) is 14.0. The van der Waals surface area contributed by atoms with Gasteiger partial charge in [0.2, 0.25) is 0 Å². The molecule has 0 radical (unpaired) electrons. The zero-order valence-electron chi connectivity index (χ0n) is 11.5. The van der Waals surface area contributed by atoms with E-state index in [0.717, 1.165) is 17.8 Å². The largest absolute Gasteiger partial charge is 0.468 e. The number of carbonyl (C=O) groups is 2. The maximum Gasteiger partial charge on any atom is 0.342 e. The first kappa shape index (κ1) is 13.9. The van der Waals surface area contributed by atoms with Crippen LogP contribution in [0.1, 0.15) is 56.3 Å². The van der Waals surface area contributed by atoms with E-state index in [1.54, 1.807) is 0 Å². The van der Waals surface area contributed by atoms with Gasteiger partial charge in [0.15, 0.2) is 10.8 Å². The second kappa shape index (κ2) is 5.77. The molecule has 21 heavy (non-hydrogen) atoms. The van der Waals surface area contributed by atoms with E-state index in [9.17, 15) is 9.59 Å². The number of ketones is 1. The highest BCUT2D eigenvalue weighted by molar-refractivity contribution is 7.11. The zero-order chi connectivity index (χ0) is 14.8. The van der Waals surface area contributed by atoms with Crippen molar-refractivity contribution < 1.29 is 18.7 Å². The third-order valence-electron chi connectivity index (χ3n) is 3.31. The minimum atomic E-state index is -0.552. The van der Waals surface area contributed by atoms with Gasteiger partial charge in [-0.3, -0.25) is 4.79 Å². The molecule has 110 valence electrons. The molecular formula is C14H14N2O4S. The summed E-state index contributed by atoms with van der Waals surface area (Å²) in [4.78, 5) is 24.0. The fraction of sp³-hybridized carbons (Fsp3) is 0.429. The number of aromatic nitrogens is 2. The molecule has 1 aliphatic carbocycles. The summed E-state index contributed by atoms with van der Waals surface area (Å²) in [5.41, 5.74) is 0.604. The summed E-state index contributed by atoms with van der Waals surface area (Å²) in [6, 6.07) is 0. The van der Waals surface area contributed by atoms with Crippen LogP contribution < -0.4 is 0 Å². The van der Waals surface area contributed by atoms with Crippen LogP contribution in [0.3, 0.4) is 0 Å². The van der Waals surface area contributed by atoms with E-state index < -0.39 is 5.97 Å². The number of esters is 1. The number of hydrogen-bond donors (Lipinski definition) is 0. The molecule has 0 aromatic carbocycles. The Morgan fingerprint density at radius 3 is 2.95 bits per heavy atom. The Balaban J connectivity index is 1.71. The van der Waals surface area contributed by atoms with Crippen molar-refractivity contribution in [2.75, 3.05) is 0 Å². The molecule has 0 saturated heterocycles. The molecular weight excluding hydrogens is 292 g/mol. The van der Waals surface area contributed by atoms with Gasteiger partial charge >= 0.3 is 5.97 Å². The molecule has 0 saturated carbocycles. The van der Waals surface area contributed by atoms with Crippen molar-refractivity contribution >= 4 is 23.1 Å². The van der Waals surface area contributed by atoms with E-state index >= 15 is 0 Å². The molecule has 0 unspecified atom stereocenters. The Morgan fingerprint density at radius 2 is 2.19 bits per heavy atom. The summed E-state index contributed by atoms with van der Waals surface area (Å²) in [7, 11) is 0. The molecule has 2 aromatic heterocycles. The predicted octanol–water partition coefficient (Wildman–Crippen LogP) is 2.57. The Hall–Kier alpha value is -2.02. The van der Waals surface area contributed by atoms with E-state index in [2.05, 4.69) is 10.2 Å². The highest BCUT2D eigenvalue weighted by atomic mass is 32.1. The quantitative estimate of drug-likeness (QED) is 0.807. The molecule has 3 rings (SSSR count). The molecule has 0 spiro atoms. The highest BCUT2D eigenvalue weighted by Crippen LogP contribution is 2.27. The molecule has 1 aliphatic rings. The van der Waals surface area contributed by atoms with Crippen LogP contribution in [0.2, 0.25) is 0 Å². The number of rotatable bonds is 4. The number of aryl methyl sites for hydroxylation is 2. The molecule has 0 amide bonds. The van der Waals surface area contributed by atoms with Crippen LogP contribution >= 0.6 is 11.3 Å². The summed E-state index contributed by atoms with van der Waals surface area (Å²) in [5, 5.41) is 9.45. The summed E-state index contributed by atoms with van der Waals surface area (Å²) >= 11 is 1.41. The third kappa shape index (κ3) is 2.73. The highest BCUT2D eigenvalue weighted by Gasteiger charge is 2.28. The van der Waals surface area contributed by atoms with E-state index in [1.807, 2.05) is 6.92 Å². The first-order valence-electron chi connectivity index (χ1n) is 6.81. The van der Waals surface area contributed by atoms with Crippen molar-refractivity contribution in [1.82, 2.24) is 10.2 Å². The van der Waals surface area contributed by atoms with Crippen LogP contribution in [0.4, 0.5) is 0 Å². The van der Waals surface area contributed by atoms with E-state index in [0.29, 0.717) is 29.2 Å². The second-order valence-electron chi connectivity index (χ2n) is 4.74. The monoisotopic (exact) mass is 306 g/mol. The fourth-order valence-corrected chi connectivity index (χ4v) is 2.96. The molecule has 6 nitrogen and oxygen atoms in total. The summed E-state index contributed by atoms with van der Waals surface area (Å²) < 4.78 is 10.5. The van der Waals surface area contributed by atoms with Gasteiger partial charge in [0.25, 0.3) is 0 Å². The minimum absolute atomic E-state index is 0.0545. The molecule has 0 aliphatic heterocycles. The molecule has 0 bridgehead atoms. The third-order valence-corrected chi connectivity index (χ3v) is 4.35. The Bertz CT molecular complexity index is 689. The van der Waals surface area contributed by atoms with Gasteiger partial charge in [0.1, 0.15) is 29.2 Å².